The molecule has 3 N–H and O–H groups in total. The van der Waals surface area contributed by atoms with Crippen molar-refractivity contribution < 1.29 is 4.79 Å². The van der Waals surface area contributed by atoms with Crippen molar-refractivity contribution in [3.05, 3.63) is 0 Å². The van der Waals surface area contributed by atoms with Gasteiger partial charge in [0.25, 0.3) is 0 Å². The van der Waals surface area contributed by atoms with Gasteiger partial charge in [-0.1, -0.05) is 58.3 Å². The van der Waals surface area contributed by atoms with E-state index in [0.717, 1.165) is 12.8 Å². The molecule has 0 rings (SSSR count). The van der Waals surface area contributed by atoms with E-state index in [1.807, 2.05) is 0 Å². The second kappa shape index (κ2) is 12.9. The summed E-state index contributed by atoms with van der Waals surface area (Å²) >= 11 is 0. The van der Waals surface area contributed by atoms with E-state index in [1.54, 1.807) is 0 Å². The van der Waals surface area contributed by atoms with Gasteiger partial charge in [0.1, 0.15) is 0 Å². The minimum atomic E-state index is -0.167. The highest BCUT2D eigenvalue weighted by atomic mass is 16.1. The molecular weight excluding hydrogens is 240 g/mol. The van der Waals surface area contributed by atoms with Crippen molar-refractivity contribution in [2.45, 2.75) is 71.1 Å². The molecule has 0 atom stereocenters. The summed E-state index contributed by atoms with van der Waals surface area (Å²) in [6, 6.07) is 0. The van der Waals surface area contributed by atoms with Crippen molar-refractivity contribution in [3.8, 4) is 6.19 Å². The summed E-state index contributed by atoms with van der Waals surface area (Å²) in [6.45, 7) is 2.22. The molecule has 108 valence electrons. The van der Waals surface area contributed by atoms with Gasteiger partial charge in [0.15, 0.2) is 0 Å². The summed E-state index contributed by atoms with van der Waals surface area (Å²) < 4.78 is 0. The first kappa shape index (κ1) is 17.4. The zero-order chi connectivity index (χ0) is 14.3. The number of aliphatic imine (C=N–C) groups is 1. The van der Waals surface area contributed by atoms with Crippen molar-refractivity contribution in [1.82, 2.24) is 5.32 Å². The van der Waals surface area contributed by atoms with Crippen LogP contribution in [0.25, 0.3) is 0 Å². The third-order valence-electron chi connectivity index (χ3n) is 2.95. The number of hydrogen-bond acceptors (Lipinski definition) is 3. The fourth-order valence-electron chi connectivity index (χ4n) is 1.88. The Kier molecular flexibility index (Phi) is 11.8. The molecule has 0 heterocycles. The second-order valence-electron chi connectivity index (χ2n) is 4.72. The number of carbonyl (C=O) groups excluding carboxylic acids is 1. The highest BCUT2D eigenvalue weighted by Crippen LogP contribution is 2.10. The van der Waals surface area contributed by atoms with Crippen LogP contribution in [0.2, 0.25) is 0 Å². The fourth-order valence-corrected chi connectivity index (χ4v) is 1.88. The van der Waals surface area contributed by atoms with Gasteiger partial charge in [-0.25, -0.2) is 0 Å². The predicted octanol–water partition coefficient (Wildman–Crippen LogP) is 2.82. The van der Waals surface area contributed by atoms with Crippen molar-refractivity contribution >= 4 is 11.9 Å². The molecule has 1 amide bonds. The van der Waals surface area contributed by atoms with Crippen LogP contribution in [-0.2, 0) is 4.79 Å². The number of unbranched alkanes of at least 4 members (excludes halogenated alkanes) is 8. The largest absolute Gasteiger partial charge is 0.369 e. The second-order valence-corrected chi connectivity index (χ2v) is 4.72. The van der Waals surface area contributed by atoms with Crippen LogP contribution in [0.15, 0.2) is 4.99 Å². The molecule has 0 spiro atoms. The maximum atomic E-state index is 11.4. The summed E-state index contributed by atoms with van der Waals surface area (Å²) in [5.41, 5.74) is 5.29. The summed E-state index contributed by atoms with van der Waals surface area (Å²) in [5, 5.41) is 10.6. The van der Waals surface area contributed by atoms with Crippen LogP contribution in [-0.4, -0.2) is 11.9 Å². The molecule has 5 nitrogen and oxygen atoms in total. The molecule has 0 bridgehead atoms. The van der Waals surface area contributed by atoms with E-state index in [4.69, 9.17) is 11.0 Å². The SMILES string of the molecule is CCCCCCCCCCCC(=O)NC(N)=NC#N. The summed E-state index contributed by atoms with van der Waals surface area (Å²) in [5.74, 6) is -0.289. The average Bonchev–Trinajstić information content (AvgIpc) is 2.37. The van der Waals surface area contributed by atoms with E-state index in [2.05, 4.69) is 17.2 Å². The first-order chi connectivity index (χ1) is 9.20. The van der Waals surface area contributed by atoms with Crippen LogP contribution < -0.4 is 11.1 Å². The Labute approximate surface area is 116 Å². The number of nitriles is 1. The van der Waals surface area contributed by atoms with Crippen LogP contribution >= 0.6 is 0 Å². The van der Waals surface area contributed by atoms with Gasteiger partial charge in [-0.15, -0.1) is 4.99 Å². The monoisotopic (exact) mass is 266 g/mol. The number of hydrogen-bond donors (Lipinski definition) is 2. The Hall–Kier alpha value is -1.57. The number of rotatable bonds is 10. The molecule has 0 unspecified atom stereocenters. The lowest BCUT2D eigenvalue weighted by Crippen LogP contribution is -2.36. The normalized spacial score (nSPS) is 11.1. The highest BCUT2D eigenvalue weighted by Gasteiger charge is 2.02. The molecule has 0 saturated carbocycles. The summed E-state index contributed by atoms with van der Waals surface area (Å²) in [6.07, 6.45) is 12.9. The van der Waals surface area contributed by atoms with Gasteiger partial charge >= 0.3 is 0 Å². The van der Waals surface area contributed by atoms with Crippen molar-refractivity contribution in [1.29, 1.82) is 5.26 Å². The van der Waals surface area contributed by atoms with Crippen molar-refractivity contribution in [3.63, 3.8) is 0 Å². The first-order valence-electron chi connectivity index (χ1n) is 7.22. The molecule has 0 radical (unpaired) electrons. The lowest BCUT2D eigenvalue weighted by atomic mass is 10.1. The topological polar surface area (TPSA) is 91.3 Å². The maximum Gasteiger partial charge on any atom is 0.226 e. The van der Waals surface area contributed by atoms with E-state index in [9.17, 15) is 4.79 Å². The quantitative estimate of drug-likeness (QED) is 0.275. The summed E-state index contributed by atoms with van der Waals surface area (Å²) in [4.78, 5) is 14.6. The molecule has 5 heteroatoms. The highest BCUT2D eigenvalue weighted by molar-refractivity contribution is 5.96. The fraction of sp³-hybridized carbons (Fsp3) is 0.786. The zero-order valence-electron chi connectivity index (χ0n) is 12.0. The van der Waals surface area contributed by atoms with Gasteiger partial charge in [-0.2, -0.15) is 5.26 Å². The molecule has 0 aromatic carbocycles. The van der Waals surface area contributed by atoms with Crippen LogP contribution in [0.3, 0.4) is 0 Å². The minimum absolute atomic E-state index is 0.122. The van der Waals surface area contributed by atoms with E-state index in [0.29, 0.717) is 6.42 Å². The van der Waals surface area contributed by atoms with Crippen LogP contribution in [0.4, 0.5) is 0 Å². The Morgan fingerprint density at radius 1 is 1.11 bits per heavy atom. The van der Waals surface area contributed by atoms with Gasteiger partial charge in [-0.05, 0) is 6.42 Å². The predicted molar refractivity (Wildman–Crippen MR) is 77.2 cm³/mol. The molecule has 0 fully saturated rings. The van der Waals surface area contributed by atoms with E-state index >= 15 is 0 Å². The van der Waals surface area contributed by atoms with E-state index < -0.39 is 0 Å². The van der Waals surface area contributed by atoms with Crippen LogP contribution in [0, 0.1) is 11.5 Å². The average molecular weight is 266 g/mol. The number of amides is 1. The number of guanidine groups is 1. The minimum Gasteiger partial charge on any atom is -0.369 e. The lowest BCUT2D eigenvalue weighted by Gasteiger charge is -2.03. The van der Waals surface area contributed by atoms with Crippen molar-refractivity contribution in [2.75, 3.05) is 0 Å². The smallest absolute Gasteiger partial charge is 0.226 e. The van der Waals surface area contributed by atoms with E-state index in [1.165, 1.54) is 51.1 Å². The zero-order valence-corrected chi connectivity index (χ0v) is 12.0. The van der Waals surface area contributed by atoms with Crippen LogP contribution in [0.1, 0.15) is 71.1 Å². The van der Waals surface area contributed by atoms with Crippen LogP contribution in [0.5, 0.6) is 0 Å². The van der Waals surface area contributed by atoms with Gasteiger partial charge in [0, 0.05) is 6.42 Å². The Bertz CT molecular complexity index is 307. The number of carbonyl (C=O) groups is 1. The maximum absolute atomic E-state index is 11.4. The molecular formula is C14H26N4O. The molecule has 0 saturated heterocycles. The Balaban J connectivity index is 3.33. The number of nitrogens with two attached hydrogens (primary N) is 1. The Morgan fingerprint density at radius 3 is 2.16 bits per heavy atom. The molecule has 0 aromatic heterocycles. The Morgan fingerprint density at radius 2 is 1.63 bits per heavy atom. The standard InChI is InChI=1S/C14H26N4O/c1-2-3-4-5-6-7-8-9-10-11-13(19)18-14(16)17-12-15/h2-11H2,1H3,(H3,16,17,18,19). The third-order valence-corrected chi connectivity index (χ3v) is 2.95. The molecule has 0 aliphatic rings. The van der Waals surface area contributed by atoms with Gasteiger partial charge in [0.05, 0.1) is 0 Å². The molecule has 19 heavy (non-hydrogen) atoms. The molecule has 0 aromatic rings. The number of nitrogens with zero attached hydrogens (tertiary/aromatic N) is 2. The van der Waals surface area contributed by atoms with Gasteiger partial charge in [0.2, 0.25) is 18.1 Å². The molecule has 0 aliphatic carbocycles. The van der Waals surface area contributed by atoms with Gasteiger partial charge in [-0.3, -0.25) is 10.1 Å². The first-order valence-corrected chi connectivity index (χ1v) is 7.22. The van der Waals surface area contributed by atoms with E-state index in [-0.39, 0.29) is 11.9 Å². The van der Waals surface area contributed by atoms with Crippen molar-refractivity contribution in [2.24, 2.45) is 10.7 Å². The third kappa shape index (κ3) is 12.7. The number of nitrogens with one attached hydrogen (secondary N) is 1. The molecule has 0 aliphatic heterocycles. The summed E-state index contributed by atoms with van der Waals surface area (Å²) in [7, 11) is 0. The lowest BCUT2D eigenvalue weighted by molar-refractivity contribution is -0.119. The van der Waals surface area contributed by atoms with Gasteiger partial charge < -0.3 is 5.73 Å².